The van der Waals surface area contributed by atoms with Gasteiger partial charge in [0, 0.05) is 0 Å². The van der Waals surface area contributed by atoms with E-state index in [0.29, 0.717) is 11.8 Å². The zero-order chi connectivity index (χ0) is 19.2. The van der Waals surface area contributed by atoms with E-state index in [2.05, 4.69) is 41.1 Å². The van der Waals surface area contributed by atoms with Crippen LogP contribution in [0.2, 0.25) is 6.04 Å². The summed E-state index contributed by atoms with van der Waals surface area (Å²) in [7, 11) is -3.85. The summed E-state index contributed by atoms with van der Waals surface area (Å²) >= 11 is 0. The van der Waals surface area contributed by atoms with Gasteiger partial charge in [-0.2, -0.15) is 0 Å². The molecule has 2 aromatic rings. The maximum absolute atomic E-state index is 6.59. The molecule has 1 fully saturated rings. The van der Waals surface area contributed by atoms with E-state index >= 15 is 0 Å². The Morgan fingerprint density at radius 1 is 1.00 bits per heavy atom. The van der Waals surface area contributed by atoms with Gasteiger partial charge < -0.3 is 0 Å². The van der Waals surface area contributed by atoms with E-state index in [1.807, 2.05) is 48.7 Å². The van der Waals surface area contributed by atoms with E-state index in [1.54, 1.807) is 0 Å². The van der Waals surface area contributed by atoms with Crippen molar-refractivity contribution in [3.05, 3.63) is 71.8 Å². The second kappa shape index (κ2) is 6.03. The molecule has 0 bridgehead atoms. The molecule has 0 aliphatic carbocycles. The van der Waals surface area contributed by atoms with Crippen LogP contribution in [0.3, 0.4) is 0 Å². The van der Waals surface area contributed by atoms with Crippen LogP contribution in [0.25, 0.3) is 0 Å². The van der Waals surface area contributed by atoms with Crippen molar-refractivity contribution in [1.82, 2.24) is 4.67 Å². The third kappa shape index (κ3) is 2.35. The van der Waals surface area contributed by atoms with Crippen molar-refractivity contribution in [2.75, 3.05) is 0 Å². The Hall–Kier alpha value is -2.93. The molecule has 28 heavy (non-hydrogen) atoms. The maximum atomic E-state index is 6.59. The van der Waals surface area contributed by atoms with Crippen LogP contribution in [-0.2, 0) is 8.85 Å². The summed E-state index contributed by atoms with van der Waals surface area (Å²) in [5.41, 5.74) is 2.29. The zero-order valence-corrected chi connectivity index (χ0v) is 17.2. The van der Waals surface area contributed by atoms with Gasteiger partial charge in [-0.05, 0) is 0 Å². The summed E-state index contributed by atoms with van der Waals surface area (Å²) in [6.45, 7) is 3.80. The second-order valence-electron chi connectivity index (χ2n) is 7.64. The normalized spacial score (nSPS) is 27.2. The van der Waals surface area contributed by atoms with Gasteiger partial charge in [0.1, 0.15) is 0 Å². The van der Waals surface area contributed by atoms with Gasteiger partial charge in [0.2, 0.25) is 0 Å². The van der Waals surface area contributed by atoms with Crippen LogP contribution in [0.1, 0.15) is 43.9 Å². The van der Waals surface area contributed by atoms with E-state index in [9.17, 15) is 0 Å². The predicted octanol–water partition coefficient (Wildman–Crippen LogP) is 4.07. The third-order valence-electron chi connectivity index (χ3n) is 5.74. The van der Waals surface area contributed by atoms with Crippen LogP contribution < -0.4 is 0 Å². The molecule has 0 unspecified atom stereocenters. The molecule has 0 N–H and O–H groups in total. The molecule has 7 heteroatoms. The Morgan fingerprint density at radius 3 is 2.43 bits per heavy atom. The molecule has 144 valence electrons. The minimum atomic E-state index is -3.85. The molecular weight excluding hydrogens is 368 g/mol. The SMILES string of the molecule is CC1=NN2[C@@H](c3ccccc3)CCC[Si-]23(O1)OC(C)=N/[N+]3=C\c1ccccc1. The number of benzene rings is 2. The number of hydrogen-bond acceptors (Lipinski definition) is 5. The van der Waals surface area contributed by atoms with Crippen molar-refractivity contribution >= 4 is 26.2 Å². The summed E-state index contributed by atoms with van der Waals surface area (Å²) in [5.74, 6) is 1.27. The fourth-order valence-electron chi connectivity index (χ4n) is 4.70. The van der Waals surface area contributed by atoms with Crippen molar-refractivity contribution in [3.8, 4) is 0 Å². The van der Waals surface area contributed by atoms with Gasteiger partial charge in [-0.1, -0.05) is 0 Å². The molecule has 3 aliphatic rings. The Balaban J connectivity index is 1.68. The standard InChI is InChI=1S/C21H24N4O2Si/c1-17-22-24(16-19-10-5-3-6-11-19)28(26-17)15-9-14-21(20-12-7-4-8-13-20)25(28)23-18(2)27-28/h3-8,10-13,16,21H,9,14-15H2,1-2H3/b24-16+/t21-/m1/s1. The van der Waals surface area contributed by atoms with Crippen LogP contribution in [0.5, 0.6) is 0 Å². The Bertz CT molecular complexity index is 1000. The fraction of sp³-hybridized carbons (Fsp3) is 0.286. The third-order valence-corrected chi connectivity index (χ3v) is 10.8. The van der Waals surface area contributed by atoms with E-state index in [0.717, 1.165) is 24.4 Å². The van der Waals surface area contributed by atoms with Gasteiger partial charge in [0.15, 0.2) is 0 Å². The van der Waals surface area contributed by atoms with Gasteiger partial charge in [-0.3, -0.25) is 0 Å². The molecule has 1 atom stereocenters. The molecule has 0 amide bonds. The van der Waals surface area contributed by atoms with Crippen LogP contribution in [0, 0.1) is 0 Å². The van der Waals surface area contributed by atoms with Crippen LogP contribution in [0.15, 0.2) is 70.9 Å². The molecule has 0 saturated carbocycles. The second-order valence-corrected chi connectivity index (χ2v) is 11.8. The van der Waals surface area contributed by atoms with E-state index in [-0.39, 0.29) is 6.04 Å². The molecule has 3 aliphatic heterocycles. The number of hydrazone groups is 2. The average Bonchev–Trinajstić information content (AvgIpc) is 3.15. The van der Waals surface area contributed by atoms with Crippen molar-refractivity contribution < 1.29 is 13.2 Å². The first-order chi connectivity index (χ1) is 13.6. The van der Waals surface area contributed by atoms with E-state index < -0.39 is 8.16 Å². The van der Waals surface area contributed by atoms with E-state index in [4.69, 9.17) is 19.1 Å². The van der Waals surface area contributed by atoms with Crippen molar-refractivity contribution in [3.63, 3.8) is 0 Å². The van der Waals surface area contributed by atoms with Crippen molar-refractivity contribution in [2.24, 2.45) is 10.2 Å². The molecule has 1 spiro atoms. The molecule has 3 heterocycles. The Morgan fingerprint density at radius 2 is 1.68 bits per heavy atom. The van der Waals surface area contributed by atoms with Crippen LogP contribution in [0.4, 0.5) is 0 Å². The molecule has 0 aromatic heterocycles. The van der Waals surface area contributed by atoms with Gasteiger partial charge in [-0.25, -0.2) is 0 Å². The fourth-order valence-corrected chi connectivity index (χ4v) is 10.0. The Labute approximate surface area is 165 Å². The van der Waals surface area contributed by atoms with E-state index in [1.165, 1.54) is 5.56 Å². The molecule has 0 radical (unpaired) electrons. The monoisotopic (exact) mass is 392 g/mol. The number of nitrogens with zero attached hydrogens (tertiary/aromatic N) is 4. The summed E-state index contributed by atoms with van der Waals surface area (Å²) in [6, 6.07) is 21.6. The predicted molar refractivity (Wildman–Crippen MR) is 111 cm³/mol. The van der Waals surface area contributed by atoms with Crippen molar-refractivity contribution in [2.45, 2.75) is 38.8 Å². The quantitative estimate of drug-likeness (QED) is 0.724. The summed E-state index contributed by atoms with van der Waals surface area (Å²) < 4.78 is 17.3. The molecule has 1 saturated heterocycles. The van der Waals surface area contributed by atoms with Crippen molar-refractivity contribution in [1.29, 1.82) is 0 Å². The van der Waals surface area contributed by atoms with Gasteiger partial charge in [-0.15, -0.1) is 0 Å². The molecular formula is C21H24N4O2Si. The molecule has 2 aromatic carbocycles. The summed E-state index contributed by atoms with van der Waals surface area (Å²) in [5, 5.41) is 9.61. The van der Waals surface area contributed by atoms with Gasteiger partial charge >= 0.3 is 165 Å². The first-order valence-electron chi connectivity index (χ1n) is 9.79. The first-order valence-corrected chi connectivity index (χ1v) is 12.2. The topological polar surface area (TPSA) is 49.4 Å². The average molecular weight is 393 g/mol. The molecule has 5 rings (SSSR count). The zero-order valence-electron chi connectivity index (χ0n) is 16.2. The summed E-state index contributed by atoms with van der Waals surface area (Å²) in [6.07, 6.45) is 4.04. The number of hydrogen-bond donors (Lipinski definition) is 0. The van der Waals surface area contributed by atoms with Gasteiger partial charge in [0.25, 0.3) is 0 Å². The van der Waals surface area contributed by atoms with Crippen LogP contribution in [-0.4, -0.2) is 35.2 Å². The summed E-state index contributed by atoms with van der Waals surface area (Å²) in [4.78, 5) is 0. The number of rotatable bonds is 2. The van der Waals surface area contributed by atoms with Gasteiger partial charge in [0.05, 0.1) is 0 Å². The first kappa shape index (κ1) is 17.2. The van der Waals surface area contributed by atoms with Crippen LogP contribution >= 0.6 is 0 Å². The minimum absolute atomic E-state index is 0.105. The Kier molecular flexibility index (Phi) is 3.70. The molecule has 6 nitrogen and oxygen atoms in total.